The first kappa shape index (κ1) is 15.3. The summed E-state index contributed by atoms with van der Waals surface area (Å²) in [7, 11) is -0.884. The summed E-state index contributed by atoms with van der Waals surface area (Å²) in [5.74, 6) is 1.33. The lowest BCUT2D eigenvalue weighted by atomic mass is 10.1. The zero-order valence-corrected chi connectivity index (χ0v) is 13.7. The van der Waals surface area contributed by atoms with Crippen molar-refractivity contribution in [1.29, 1.82) is 0 Å². The Morgan fingerprint density at radius 1 is 1.12 bits per heavy atom. The van der Waals surface area contributed by atoms with E-state index < -0.39 is 7.22 Å². The van der Waals surface area contributed by atoms with Gasteiger partial charge >= 0.3 is 0 Å². The van der Waals surface area contributed by atoms with Crippen molar-refractivity contribution in [2.75, 3.05) is 5.75 Å². The van der Waals surface area contributed by atoms with Crippen LogP contribution in [0.1, 0.15) is 51.4 Å². The van der Waals surface area contributed by atoms with Crippen molar-refractivity contribution in [2.24, 2.45) is 4.99 Å². The lowest BCUT2D eigenvalue weighted by molar-refractivity contribution is 0.586. The fourth-order valence-electron chi connectivity index (χ4n) is 2.18. The monoisotopic (exact) mass is 271 g/mol. The molecule has 1 fully saturated rings. The van der Waals surface area contributed by atoms with Crippen molar-refractivity contribution in [3.63, 3.8) is 0 Å². The summed E-state index contributed by atoms with van der Waals surface area (Å²) in [6.07, 6.45) is 13.0. The topological polar surface area (TPSA) is 12.4 Å². The fraction of sp³-hybridized carbons (Fsp3) is 0.929. The van der Waals surface area contributed by atoms with Gasteiger partial charge in [0.25, 0.3) is 0 Å². The van der Waals surface area contributed by atoms with Crippen LogP contribution in [0.15, 0.2) is 4.99 Å². The Hall–Kier alpha value is 0.237. The Balaban J connectivity index is 2.04. The molecule has 1 rings (SSSR count). The minimum atomic E-state index is -0.884. The van der Waals surface area contributed by atoms with Crippen molar-refractivity contribution in [1.82, 2.24) is 0 Å². The second kappa shape index (κ2) is 8.36. The van der Waals surface area contributed by atoms with Gasteiger partial charge in [-0.1, -0.05) is 45.3 Å². The molecule has 0 aromatic heterocycles. The second-order valence-corrected chi connectivity index (χ2v) is 15.5. The molecule has 0 unspecified atom stereocenters. The lowest BCUT2D eigenvalue weighted by Gasteiger charge is -2.14. The highest BCUT2D eigenvalue weighted by molar-refractivity contribution is 8.28. The Morgan fingerprint density at radius 2 is 1.76 bits per heavy atom. The van der Waals surface area contributed by atoms with E-state index in [0.29, 0.717) is 6.04 Å². The van der Waals surface area contributed by atoms with Crippen LogP contribution >= 0.6 is 11.2 Å². The maximum absolute atomic E-state index is 4.75. The molecule has 17 heavy (non-hydrogen) atoms. The molecule has 0 N–H and O–H groups in total. The molecule has 0 radical (unpaired) electrons. The third-order valence-corrected chi connectivity index (χ3v) is 7.72. The Kier molecular flexibility index (Phi) is 7.52. The molecular formula is C14H29NSSi. The van der Waals surface area contributed by atoms with Crippen LogP contribution in [0, 0.1) is 0 Å². The molecule has 0 saturated heterocycles. The van der Waals surface area contributed by atoms with Crippen molar-refractivity contribution in [3.05, 3.63) is 0 Å². The third kappa shape index (κ3) is 8.89. The molecular weight excluding hydrogens is 242 g/mol. The molecule has 1 saturated carbocycles. The number of unbranched alkanes of at least 4 members (excludes halogenated alkanes) is 1. The average molecular weight is 272 g/mol. The standard InChI is InChI=1S/C14H29NSSi/c1-17(2,3)16-13-9-8-12-15-14-10-6-4-5-7-11-14/h12,14H,4-11,13H2,1-3H3/b15-12-. The van der Waals surface area contributed by atoms with E-state index in [0.717, 1.165) is 0 Å². The van der Waals surface area contributed by atoms with Gasteiger partial charge in [0.1, 0.15) is 7.22 Å². The highest BCUT2D eigenvalue weighted by Gasteiger charge is 2.12. The van der Waals surface area contributed by atoms with Crippen LogP contribution in [0.4, 0.5) is 0 Å². The average Bonchev–Trinajstić information content (AvgIpc) is 2.50. The molecule has 0 atom stereocenters. The molecule has 0 aliphatic heterocycles. The van der Waals surface area contributed by atoms with Gasteiger partial charge in [-0.05, 0) is 37.7 Å². The van der Waals surface area contributed by atoms with Gasteiger partial charge in [0.2, 0.25) is 0 Å². The van der Waals surface area contributed by atoms with Gasteiger partial charge < -0.3 is 0 Å². The van der Waals surface area contributed by atoms with Crippen LogP contribution in [0.2, 0.25) is 19.6 Å². The number of hydrogen-bond donors (Lipinski definition) is 0. The molecule has 0 aromatic rings. The van der Waals surface area contributed by atoms with E-state index >= 15 is 0 Å². The Bertz CT molecular complexity index is 215. The molecule has 1 nitrogen and oxygen atoms in total. The van der Waals surface area contributed by atoms with Crippen molar-refractivity contribution >= 4 is 24.6 Å². The third-order valence-electron chi connectivity index (χ3n) is 3.15. The van der Waals surface area contributed by atoms with E-state index in [4.69, 9.17) is 4.99 Å². The van der Waals surface area contributed by atoms with Crippen molar-refractivity contribution in [2.45, 2.75) is 77.0 Å². The van der Waals surface area contributed by atoms with E-state index in [-0.39, 0.29) is 0 Å². The first-order chi connectivity index (χ1) is 8.08. The van der Waals surface area contributed by atoms with Gasteiger partial charge in [-0.25, -0.2) is 0 Å². The maximum Gasteiger partial charge on any atom is 0.108 e. The van der Waals surface area contributed by atoms with E-state index in [1.807, 2.05) is 0 Å². The summed E-state index contributed by atoms with van der Waals surface area (Å²) >= 11 is 2.20. The van der Waals surface area contributed by atoms with Gasteiger partial charge in [0, 0.05) is 6.04 Å². The van der Waals surface area contributed by atoms with Crippen LogP contribution in [0.3, 0.4) is 0 Å². The van der Waals surface area contributed by atoms with E-state index in [9.17, 15) is 0 Å². The summed E-state index contributed by atoms with van der Waals surface area (Å²) < 4.78 is 0. The van der Waals surface area contributed by atoms with E-state index in [2.05, 4.69) is 37.1 Å². The molecule has 0 spiro atoms. The first-order valence-corrected chi connectivity index (χ1v) is 12.4. The van der Waals surface area contributed by atoms with Crippen LogP contribution in [0.25, 0.3) is 0 Å². The van der Waals surface area contributed by atoms with Gasteiger partial charge in [-0.2, -0.15) is 11.2 Å². The molecule has 0 amide bonds. The zero-order chi connectivity index (χ0) is 12.6. The molecule has 0 bridgehead atoms. The summed E-state index contributed by atoms with van der Waals surface area (Å²) in [6, 6.07) is 0.655. The Morgan fingerprint density at radius 3 is 2.35 bits per heavy atom. The number of nitrogens with zero attached hydrogens (tertiary/aromatic N) is 1. The molecule has 0 aromatic carbocycles. The van der Waals surface area contributed by atoms with Crippen molar-refractivity contribution in [3.8, 4) is 0 Å². The molecule has 3 heteroatoms. The number of rotatable bonds is 6. The summed E-state index contributed by atoms with van der Waals surface area (Å²) in [5, 5.41) is 0. The summed E-state index contributed by atoms with van der Waals surface area (Å²) in [4.78, 5) is 4.75. The predicted octanol–water partition coefficient (Wildman–Crippen LogP) is 5.13. The van der Waals surface area contributed by atoms with E-state index in [1.165, 1.54) is 57.1 Å². The predicted molar refractivity (Wildman–Crippen MR) is 85.0 cm³/mol. The number of hydrogen-bond acceptors (Lipinski definition) is 2. The van der Waals surface area contributed by atoms with Crippen molar-refractivity contribution < 1.29 is 0 Å². The van der Waals surface area contributed by atoms with Crippen LogP contribution < -0.4 is 0 Å². The van der Waals surface area contributed by atoms with E-state index in [1.54, 1.807) is 0 Å². The minimum Gasteiger partial charge on any atom is -0.294 e. The highest BCUT2D eigenvalue weighted by atomic mass is 32.4. The zero-order valence-electron chi connectivity index (χ0n) is 11.9. The van der Waals surface area contributed by atoms with Crippen LogP contribution in [-0.2, 0) is 0 Å². The summed E-state index contributed by atoms with van der Waals surface area (Å²) in [6.45, 7) is 7.28. The van der Waals surface area contributed by atoms with Gasteiger partial charge in [0.15, 0.2) is 0 Å². The number of aliphatic imine (C=N–C) groups is 1. The molecule has 0 heterocycles. The normalized spacial score (nSPS) is 19.7. The Labute approximate surface area is 113 Å². The lowest BCUT2D eigenvalue weighted by Crippen LogP contribution is -2.14. The smallest absolute Gasteiger partial charge is 0.108 e. The quantitative estimate of drug-likeness (QED) is 0.282. The van der Waals surface area contributed by atoms with Gasteiger partial charge in [-0.3, -0.25) is 4.99 Å². The van der Waals surface area contributed by atoms with Crippen LogP contribution in [0.5, 0.6) is 0 Å². The highest BCUT2D eigenvalue weighted by Crippen LogP contribution is 2.21. The molecule has 1 aliphatic carbocycles. The van der Waals surface area contributed by atoms with Crippen LogP contribution in [-0.4, -0.2) is 25.2 Å². The first-order valence-electron chi connectivity index (χ1n) is 7.23. The molecule has 100 valence electrons. The largest absolute Gasteiger partial charge is 0.294 e. The SMILES string of the molecule is C[Si](C)(C)SCCC/C=N\C1CCCCCC1. The van der Waals surface area contributed by atoms with Gasteiger partial charge in [0.05, 0.1) is 0 Å². The second-order valence-electron chi connectivity index (χ2n) is 6.08. The molecule has 1 aliphatic rings. The van der Waals surface area contributed by atoms with Gasteiger partial charge in [-0.15, -0.1) is 0 Å². The minimum absolute atomic E-state index is 0.655. The fourth-order valence-corrected chi connectivity index (χ4v) is 5.38. The summed E-state index contributed by atoms with van der Waals surface area (Å²) in [5.41, 5.74) is 0. The maximum atomic E-state index is 4.75.